The normalized spacial score (nSPS) is 12.2. The Kier molecular flexibility index (Phi) is 4.04. The molecule has 2 rings (SSSR count). The fraction of sp³-hybridized carbons (Fsp3) is 0.467. The highest BCUT2D eigenvalue weighted by molar-refractivity contribution is 5.80. The lowest BCUT2D eigenvalue weighted by Crippen LogP contribution is -2.33. The predicted molar refractivity (Wildman–Crippen MR) is 73.7 cm³/mol. The number of rotatable bonds is 6. The lowest BCUT2D eigenvalue weighted by molar-refractivity contribution is 0.157. The van der Waals surface area contributed by atoms with E-state index in [2.05, 4.69) is 11.4 Å². The van der Waals surface area contributed by atoms with E-state index in [1.807, 2.05) is 38.3 Å². The summed E-state index contributed by atoms with van der Waals surface area (Å²) in [5, 5.41) is 13.7. The molecular weight excluding hydrogens is 226 g/mol. The molecule has 0 amide bonds. The highest BCUT2D eigenvalue weighted by Gasteiger charge is 2.15. The lowest BCUT2D eigenvalue weighted by atomic mass is 9.95. The average Bonchev–Trinajstić information content (AvgIpc) is 2.78. The SMILES string of the molecule is CC(C)(CO)CNCCc1coc2ccccc12. The minimum atomic E-state index is -0.0571. The second-order valence-electron chi connectivity index (χ2n) is 5.51. The summed E-state index contributed by atoms with van der Waals surface area (Å²) in [7, 11) is 0. The quantitative estimate of drug-likeness (QED) is 0.771. The summed E-state index contributed by atoms with van der Waals surface area (Å²) in [5.41, 5.74) is 2.13. The van der Waals surface area contributed by atoms with Crippen LogP contribution >= 0.6 is 0 Å². The van der Waals surface area contributed by atoms with E-state index < -0.39 is 0 Å². The van der Waals surface area contributed by atoms with E-state index in [9.17, 15) is 0 Å². The van der Waals surface area contributed by atoms with Gasteiger partial charge in [-0.05, 0) is 24.6 Å². The number of hydrogen-bond donors (Lipinski definition) is 2. The maximum absolute atomic E-state index is 9.16. The van der Waals surface area contributed by atoms with E-state index >= 15 is 0 Å². The standard InChI is InChI=1S/C15H21NO2/c1-15(2,11-17)10-16-8-7-12-9-18-14-6-4-3-5-13(12)14/h3-6,9,16-17H,7-8,10-11H2,1-2H3. The first-order valence-electron chi connectivity index (χ1n) is 6.39. The van der Waals surface area contributed by atoms with Gasteiger partial charge in [0.2, 0.25) is 0 Å². The fourth-order valence-corrected chi connectivity index (χ4v) is 1.93. The zero-order chi connectivity index (χ0) is 13.0. The Morgan fingerprint density at radius 2 is 2.06 bits per heavy atom. The number of furan rings is 1. The van der Waals surface area contributed by atoms with E-state index in [-0.39, 0.29) is 12.0 Å². The van der Waals surface area contributed by atoms with Crippen molar-refractivity contribution in [1.82, 2.24) is 5.32 Å². The molecule has 1 aromatic carbocycles. The van der Waals surface area contributed by atoms with Gasteiger partial charge in [-0.25, -0.2) is 0 Å². The first-order valence-corrected chi connectivity index (χ1v) is 6.39. The van der Waals surface area contributed by atoms with Crippen molar-refractivity contribution in [3.8, 4) is 0 Å². The number of aliphatic hydroxyl groups excluding tert-OH is 1. The third kappa shape index (κ3) is 3.12. The lowest BCUT2D eigenvalue weighted by Gasteiger charge is -2.21. The molecule has 0 bridgehead atoms. The van der Waals surface area contributed by atoms with Crippen LogP contribution in [0.1, 0.15) is 19.4 Å². The third-order valence-electron chi connectivity index (χ3n) is 3.16. The summed E-state index contributed by atoms with van der Waals surface area (Å²) in [6, 6.07) is 8.09. The zero-order valence-corrected chi connectivity index (χ0v) is 11.1. The average molecular weight is 247 g/mol. The summed E-state index contributed by atoms with van der Waals surface area (Å²) < 4.78 is 5.50. The monoisotopic (exact) mass is 247 g/mol. The van der Waals surface area contributed by atoms with Crippen LogP contribution in [0.15, 0.2) is 34.9 Å². The van der Waals surface area contributed by atoms with Crippen LogP contribution in [-0.4, -0.2) is 24.8 Å². The molecule has 3 heteroatoms. The summed E-state index contributed by atoms with van der Waals surface area (Å²) in [4.78, 5) is 0. The molecule has 0 spiro atoms. The molecule has 2 N–H and O–H groups in total. The summed E-state index contributed by atoms with van der Waals surface area (Å²) in [6.07, 6.45) is 2.78. The first-order chi connectivity index (χ1) is 8.62. The van der Waals surface area contributed by atoms with E-state index in [0.717, 1.165) is 25.1 Å². The molecule has 0 radical (unpaired) electrons. The van der Waals surface area contributed by atoms with Crippen LogP contribution in [0.2, 0.25) is 0 Å². The molecular formula is C15H21NO2. The number of para-hydroxylation sites is 1. The van der Waals surface area contributed by atoms with Gasteiger partial charge in [-0.15, -0.1) is 0 Å². The van der Waals surface area contributed by atoms with E-state index in [4.69, 9.17) is 9.52 Å². The van der Waals surface area contributed by atoms with Crippen molar-refractivity contribution in [2.24, 2.45) is 5.41 Å². The van der Waals surface area contributed by atoms with E-state index in [1.165, 1.54) is 10.9 Å². The minimum Gasteiger partial charge on any atom is -0.464 e. The van der Waals surface area contributed by atoms with Crippen molar-refractivity contribution in [2.45, 2.75) is 20.3 Å². The van der Waals surface area contributed by atoms with Crippen molar-refractivity contribution in [3.63, 3.8) is 0 Å². The fourth-order valence-electron chi connectivity index (χ4n) is 1.93. The van der Waals surface area contributed by atoms with Crippen LogP contribution < -0.4 is 5.32 Å². The molecule has 0 saturated carbocycles. The molecule has 98 valence electrons. The highest BCUT2D eigenvalue weighted by Crippen LogP contribution is 2.20. The first kappa shape index (κ1) is 13.1. The molecule has 0 aliphatic carbocycles. The van der Waals surface area contributed by atoms with Crippen molar-refractivity contribution < 1.29 is 9.52 Å². The summed E-state index contributed by atoms with van der Waals surface area (Å²) in [5.74, 6) is 0. The van der Waals surface area contributed by atoms with Crippen LogP contribution in [0.3, 0.4) is 0 Å². The van der Waals surface area contributed by atoms with Crippen molar-refractivity contribution >= 4 is 11.0 Å². The molecule has 0 fully saturated rings. The predicted octanol–water partition coefficient (Wildman–Crippen LogP) is 2.58. The molecule has 0 unspecified atom stereocenters. The van der Waals surface area contributed by atoms with Crippen LogP contribution in [0.25, 0.3) is 11.0 Å². The molecule has 0 aliphatic rings. The molecule has 0 aliphatic heterocycles. The Morgan fingerprint density at radius 1 is 1.28 bits per heavy atom. The highest BCUT2D eigenvalue weighted by atomic mass is 16.3. The van der Waals surface area contributed by atoms with Gasteiger partial charge in [0.05, 0.1) is 6.26 Å². The van der Waals surface area contributed by atoms with Gasteiger partial charge in [-0.3, -0.25) is 0 Å². The smallest absolute Gasteiger partial charge is 0.134 e. The van der Waals surface area contributed by atoms with Crippen molar-refractivity contribution in [3.05, 3.63) is 36.1 Å². The van der Waals surface area contributed by atoms with Crippen LogP contribution in [-0.2, 0) is 6.42 Å². The number of nitrogens with one attached hydrogen (secondary N) is 1. The van der Waals surface area contributed by atoms with Gasteiger partial charge in [-0.1, -0.05) is 32.0 Å². The number of fused-ring (bicyclic) bond motifs is 1. The Bertz CT molecular complexity index is 502. The maximum Gasteiger partial charge on any atom is 0.134 e. The van der Waals surface area contributed by atoms with Gasteiger partial charge in [-0.2, -0.15) is 0 Å². The molecule has 0 atom stereocenters. The van der Waals surface area contributed by atoms with E-state index in [0.29, 0.717) is 0 Å². The molecule has 0 saturated heterocycles. The van der Waals surface area contributed by atoms with Crippen LogP contribution in [0, 0.1) is 5.41 Å². The Morgan fingerprint density at radius 3 is 2.83 bits per heavy atom. The summed E-state index contributed by atoms with van der Waals surface area (Å²) >= 11 is 0. The van der Waals surface area contributed by atoms with Gasteiger partial charge in [0.15, 0.2) is 0 Å². The van der Waals surface area contributed by atoms with Gasteiger partial charge >= 0.3 is 0 Å². The van der Waals surface area contributed by atoms with E-state index in [1.54, 1.807) is 0 Å². The van der Waals surface area contributed by atoms with Gasteiger partial charge in [0, 0.05) is 24.0 Å². The van der Waals surface area contributed by atoms with Gasteiger partial charge < -0.3 is 14.8 Å². The number of aliphatic hydroxyl groups is 1. The second kappa shape index (κ2) is 5.55. The maximum atomic E-state index is 9.16. The van der Waals surface area contributed by atoms with Crippen LogP contribution in [0.4, 0.5) is 0 Å². The van der Waals surface area contributed by atoms with Gasteiger partial charge in [0.25, 0.3) is 0 Å². The van der Waals surface area contributed by atoms with Gasteiger partial charge in [0.1, 0.15) is 5.58 Å². The largest absolute Gasteiger partial charge is 0.464 e. The third-order valence-corrected chi connectivity index (χ3v) is 3.16. The Hall–Kier alpha value is -1.32. The van der Waals surface area contributed by atoms with Crippen LogP contribution in [0.5, 0.6) is 0 Å². The summed E-state index contributed by atoms with van der Waals surface area (Å²) in [6.45, 7) is 6.02. The minimum absolute atomic E-state index is 0.0571. The second-order valence-corrected chi connectivity index (χ2v) is 5.51. The van der Waals surface area contributed by atoms with Crippen molar-refractivity contribution in [2.75, 3.05) is 19.7 Å². The molecule has 18 heavy (non-hydrogen) atoms. The topological polar surface area (TPSA) is 45.4 Å². The Balaban J connectivity index is 1.87. The molecule has 1 aromatic heterocycles. The number of benzene rings is 1. The molecule has 1 heterocycles. The van der Waals surface area contributed by atoms with Crippen molar-refractivity contribution in [1.29, 1.82) is 0 Å². The Labute approximate surface area is 108 Å². The molecule has 3 nitrogen and oxygen atoms in total. The number of hydrogen-bond acceptors (Lipinski definition) is 3. The molecule has 2 aromatic rings. The zero-order valence-electron chi connectivity index (χ0n) is 11.1.